The molecule has 1 aliphatic rings. The molecule has 0 bridgehead atoms. The number of hydrogen-bond donors (Lipinski definition) is 1. The third-order valence-corrected chi connectivity index (χ3v) is 2.30. The van der Waals surface area contributed by atoms with Crippen LogP contribution < -0.4 is 4.72 Å². The second-order valence-corrected chi connectivity index (χ2v) is 2.97. The molecule has 0 aliphatic carbocycles. The molecule has 2 rings (SSSR count). The molecule has 1 aromatic carbocycles. The fourth-order valence-electron chi connectivity index (χ4n) is 0.961. The van der Waals surface area contributed by atoms with Crippen LogP contribution in [0.4, 0.5) is 10.1 Å². The maximum atomic E-state index is 12.5. The lowest BCUT2D eigenvalue weighted by atomic mass is 10.2. The predicted octanol–water partition coefficient (Wildman–Crippen LogP) is 2.40. The minimum Gasteiger partial charge on any atom is -0.329 e. The summed E-state index contributed by atoms with van der Waals surface area (Å²) in [5, 5.41) is 0. The Morgan fingerprint density at radius 2 is 2.40 bits per heavy atom. The summed E-state index contributed by atoms with van der Waals surface area (Å²) in [7, 11) is 0. The standard InChI is InChI=1S/C7H6FNS/c8-6-2-1-5-4-10-9-7(5)3-6/h1-3,9H,4H2. The van der Waals surface area contributed by atoms with Crippen LogP contribution in [0.1, 0.15) is 5.56 Å². The minimum absolute atomic E-state index is 0.172. The zero-order valence-electron chi connectivity index (χ0n) is 5.23. The number of benzene rings is 1. The molecule has 0 aromatic heterocycles. The van der Waals surface area contributed by atoms with Gasteiger partial charge in [0.1, 0.15) is 5.82 Å². The second kappa shape index (κ2) is 2.16. The van der Waals surface area contributed by atoms with Crippen LogP contribution in [0.25, 0.3) is 0 Å². The maximum Gasteiger partial charge on any atom is 0.125 e. The van der Waals surface area contributed by atoms with Crippen molar-refractivity contribution in [3.63, 3.8) is 0 Å². The van der Waals surface area contributed by atoms with Crippen molar-refractivity contribution in [3.05, 3.63) is 29.6 Å². The van der Waals surface area contributed by atoms with Crippen LogP contribution in [-0.4, -0.2) is 0 Å². The molecule has 0 spiro atoms. The van der Waals surface area contributed by atoms with Gasteiger partial charge in [-0.05, 0) is 29.6 Å². The van der Waals surface area contributed by atoms with Crippen LogP contribution in [0.3, 0.4) is 0 Å². The Bertz CT molecular complexity index is 262. The van der Waals surface area contributed by atoms with Crippen LogP contribution in [-0.2, 0) is 5.75 Å². The molecule has 0 saturated heterocycles. The van der Waals surface area contributed by atoms with E-state index in [9.17, 15) is 4.39 Å². The molecule has 0 saturated carbocycles. The van der Waals surface area contributed by atoms with E-state index in [1.54, 1.807) is 11.9 Å². The van der Waals surface area contributed by atoms with Crippen molar-refractivity contribution in [1.82, 2.24) is 0 Å². The van der Waals surface area contributed by atoms with Gasteiger partial charge in [0.2, 0.25) is 0 Å². The van der Waals surface area contributed by atoms with Crippen molar-refractivity contribution in [2.75, 3.05) is 4.72 Å². The molecule has 1 nitrogen and oxygen atoms in total. The van der Waals surface area contributed by atoms with Gasteiger partial charge in [0.05, 0.1) is 5.69 Å². The molecule has 10 heavy (non-hydrogen) atoms. The SMILES string of the molecule is Fc1ccc2c(c1)NSC2. The molecule has 0 fully saturated rings. The highest BCUT2D eigenvalue weighted by molar-refractivity contribution is 8.00. The van der Waals surface area contributed by atoms with Crippen molar-refractivity contribution < 1.29 is 4.39 Å². The molecule has 0 radical (unpaired) electrons. The summed E-state index contributed by atoms with van der Waals surface area (Å²) in [6, 6.07) is 4.83. The van der Waals surface area contributed by atoms with E-state index in [1.807, 2.05) is 6.07 Å². The van der Waals surface area contributed by atoms with Crippen LogP contribution >= 0.6 is 11.9 Å². The van der Waals surface area contributed by atoms with Gasteiger partial charge in [-0.1, -0.05) is 6.07 Å². The Morgan fingerprint density at radius 1 is 1.50 bits per heavy atom. The molecule has 1 N–H and O–H groups in total. The van der Waals surface area contributed by atoms with Gasteiger partial charge in [0.15, 0.2) is 0 Å². The monoisotopic (exact) mass is 155 g/mol. The van der Waals surface area contributed by atoms with E-state index in [0.717, 1.165) is 11.4 Å². The number of nitrogens with one attached hydrogen (secondary N) is 1. The van der Waals surface area contributed by atoms with E-state index >= 15 is 0 Å². The Hall–Kier alpha value is -0.700. The first-order chi connectivity index (χ1) is 4.86. The zero-order chi connectivity index (χ0) is 6.97. The minimum atomic E-state index is -0.172. The van der Waals surface area contributed by atoms with Gasteiger partial charge in [0.25, 0.3) is 0 Å². The largest absolute Gasteiger partial charge is 0.329 e. The van der Waals surface area contributed by atoms with Crippen LogP contribution in [0, 0.1) is 5.82 Å². The lowest BCUT2D eigenvalue weighted by Crippen LogP contribution is -1.81. The van der Waals surface area contributed by atoms with E-state index < -0.39 is 0 Å². The first-order valence-electron chi connectivity index (χ1n) is 3.02. The number of halogens is 1. The van der Waals surface area contributed by atoms with E-state index in [4.69, 9.17) is 0 Å². The normalized spacial score (nSPS) is 14.5. The first-order valence-corrected chi connectivity index (χ1v) is 4.01. The Balaban J connectivity index is 2.52. The zero-order valence-corrected chi connectivity index (χ0v) is 6.04. The molecule has 52 valence electrons. The molecule has 1 aromatic rings. The summed E-state index contributed by atoms with van der Waals surface area (Å²) in [6.07, 6.45) is 0. The van der Waals surface area contributed by atoms with E-state index in [2.05, 4.69) is 4.72 Å². The second-order valence-electron chi connectivity index (χ2n) is 2.19. The summed E-state index contributed by atoms with van der Waals surface area (Å²) in [6.45, 7) is 0. The van der Waals surface area contributed by atoms with Gasteiger partial charge in [-0.3, -0.25) is 0 Å². The third kappa shape index (κ3) is 0.865. The quantitative estimate of drug-likeness (QED) is 0.577. The average molecular weight is 155 g/mol. The highest BCUT2D eigenvalue weighted by Crippen LogP contribution is 2.30. The Labute approximate surface area is 62.8 Å². The lowest BCUT2D eigenvalue weighted by Gasteiger charge is -1.95. The molecular formula is C7H6FNS. The Morgan fingerprint density at radius 3 is 3.30 bits per heavy atom. The lowest BCUT2D eigenvalue weighted by molar-refractivity contribution is 0.628. The third-order valence-electron chi connectivity index (χ3n) is 1.48. The highest BCUT2D eigenvalue weighted by atomic mass is 32.2. The Kier molecular flexibility index (Phi) is 1.31. The average Bonchev–Trinajstić information content (AvgIpc) is 2.33. The fraction of sp³-hybridized carbons (Fsp3) is 0.143. The van der Waals surface area contributed by atoms with Crippen molar-refractivity contribution in [2.24, 2.45) is 0 Å². The summed E-state index contributed by atoms with van der Waals surface area (Å²) in [5.74, 6) is 0.768. The van der Waals surface area contributed by atoms with Gasteiger partial charge in [-0.15, -0.1) is 0 Å². The number of anilines is 1. The van der Waals surface area contributed by atoms with E-state index in [1.165, 1.54) is 17.7 Å². The van der Waals surface area contributed by atoms with Crippen LogP contribution in [0.15, 0.2) is 18.2 Å². The summed E-state index contributed by atoms with van der Waals surface area (Å²) < 4.78 is 15.5. The molecule has 0 atom stereocenters. The molecule has 1 aliphatic heterocycles. The predicted molar refractivity (Wildman–Crippen MR) is 41.3 cm³/mol. The van der Waals surface area contributed by atoms with Gasteiger partial charge >= 0.3 is 0 Å². The van der Waals surface area contributed by atoms with Crippen LogP contribution in [0.5, 0.6) is 0 Å². The van der Waals surface area contributed by atoms with E-state index in [0.29, 0.717) is 0 Å². The first kappa shape index (κ1) is 6.04. The van der Waals surface area contributed by atoms with Gasteiger partial charge in [-0.2, -0.15) is 0 Å². The van der Waals surface area contributed by atoms with Crippen molar-refractivity contribution in [2.45, 2.75) is 5.75 Å². The van der Waals surface area contributed by atoms with Crippen LogP contribution in [0.2, 0.25) is 0 Å². The van der Waals surface area contributed by atoms with Gasteiger partial charge in [0, 0.05) is 5.75 Å². The van der Waals surface area contributed by atoms with Crippen molar-refractivity contribution in [3.8, 4) is 0 Å². The summed E-state index contributed by atoms with van der Waals surface area (Å²) >= 11 is 1.59. The molecule has 1 heterocycles. The number of fused-ring (bicyclic) bond motifs is 1. The van der Waals surface area contributed by atoms with Crippen molar-refractivity contribution in [1.29, 1.82) is 0 Å². The fourth-order valence-corrected chi connectivity index (χ4v) is 1.79. The number of rotatable bonds is 0. The van der Waals surface area contributed by atoms with E-state index in [-0.39, 0.29) is 5.82 Å². The number of hydrogen-bond acceptors (Lipinski definition) is 2. The topological polar surface area (TPSA) is 12.0 Å². The molecule has 0 amide bonds. The maximum absolute atomic E-state index is 12.5. The summed E-state index contributed by atoms with van der Waals surface area (Å²) in [5.41, 5.74) is 2.11. The van der Waals surface area contributed by atoms with Gasteiger partial charge < -0.3 is 4.72 Å². The summed E-state index contributed by atoms with van der Waals surface area (Å²) in [4.78, 5) is 0. The molecule has 3 heteroatoms. The molecular weight excluding hydrogens is 149 g/mol. The smallest absolute Gasteiger partial charge is 0.125 e. The van der Waals surface area contributed by atoms with Crippen molar-refractivity contribution >= 4 is 17.6 Å². The van der Waals surface area contributed by atoms with Gasteiger partial charge in [-0.25, -0.2) is 4.39 Å². The highest BCUT2D eigenvalue weighted by Gasteiger charge is 2.09. The molecule has 0 unspecified atom stereocenters.